The highest BCUT2D eigenvalue weighted by atomic mass is 19.4. The molecule has 0 fully saturated rings. The third kappa shape index (κ3) is 14.2. The summed E-state index contributed by atoms with van der Waals surface area (Å²) in [5.74, 6) is 0. The molecule has 2 aromatic heterocycles. The molecule has 13 aromatic rings. The molecule has 0 amide bonds. The molecule has 0 saturated heterocycles. The Bertz CT molecular complexity index is 5650. The SMILES string of the molecule is N#Cc1ccc(-c2ccc(-c3cc(C(F)(F)F)cc(C(F)(F)F)c3)cc2-n2c3ccc(-c4ccc(C(F)(F)F)cc4C(F)(F)F)cc3c3cc(-c4ccc(C(F)(F)F)cc4C(F)(F)F)ccc32)c(-n2c3ccc(-c4ccc(C(F)(F)F)cc4C(F)(F)F)cc3c3cc(-c4ccc(C(F)(F)F)cc4C(F)(F)F)ccc32)c1. The summed E-state index contributed by atoms with van der Waals surface area (Å²) in [6.45, 7) is 0. The first-order valence-electron chi connectivity index (χ1n) is 31.1. The highest BCUT2D eigenvalue weighted by molar-refractivity contribution is 6.14. The Hall–Kier alpha value is -11.6. The van der Waals surface area contributed by atoms with Gasteiger partial charge in [0.1, 0.15) is 0 Å². The summed E-state index contributed by atoms with van der Waals surface area (Å²) in [6.07, 6.45) is -55.0. The third-order valence-electron chi connectivity index (χ3n) is 18.2. The number of fused-ring (bicyclic) bond motifs is 6. The molecule has 0 bridgehead atoms. The summed E-state index contributed by atoms with van der Waals surface area (Å²) >= 11 is 0. The smallest absolute Gasteiger partial charge is 0.309 e. The van der Waals surface area contributed by atoms with E-state index in [1.807, 2.05) is 6.07 Å². The summed E-state index contributed by atoms with van der Waals surface area (Å²) in [7, 11) is 0. The summed E-state index contributed by atoms with van der Waals surface area (Å²) in [4.78, 5) is 0. The van der Waals surface area contributed by atoms with Crippen molar-refractivity contribution >= 4 is 43.6 Å². The Morgan fingerprint density at radius 2 is 0.445 bits per heavy atom. The second-order valence-electron chi connectivity index (χ2n) is 25.0. The third-order valence-corrected chi connectivity index (χ3v) is 18.2. The van der Waals surface area contributed by atoms with Crippen molar-refractivity contribution in [2.24, 2.45) is 0 Å². The van der Waals surface area contributed by atoms with Crippen LogP contribution in [0.2, 0.25) is 0 Å². The van der Waals surface area contributed by atoms with Gasteiger partial charge < -0.3 is 9.13 Å². The molecule has 11 aromatic carbocycles. The molecule has 2 heterocycles. The normalized spacial score (nSPS) is 13.4. The summed E-state index contributed by atoms with van der Waals surface area (Å²) in [5, 5.41) is 9.12. The lowest BCUT2D eigenvalue weighted by molar-refractivity contribution is -0.144. The Morgan fingerprint density at radius 1 is 0.200 bits per heavy atom. The van der Waals surface area contributed by atoms with Crippen LogP contribution in [-0.4, -0.2) is 9.13 Å². The maximum atomic E-state index is 15.0. The molecule has 0 aliphatic carbocycles. The zero-order valence-corrected chi connectivity index (χ0v) is 53.7. The van der Waals surface area contributed by atoms with Crippen molar-refractivity contribution in [1.82, 2.24) is 9.13 Å². The first-order chi connectivity index (χ1) is 50.8. The van der Waals surface area contributed by atoms with Crippen LogP contribution in [0.3, 0.4) is 0 Å². The molecule has 0 N–H and O–H groups in total. The molecule has 0 aliphatic heterocycles. The Morgan fingerprint density at radius 3 is 0.700 bits per heavy atom. The van der Waals surface area contributed by atoms with Crippen LogP contribution in [0, 0.1) is 11.3 Å². The van der Waals surface area contributed by atoms with Gasteiger partial charge in [0, 0.05) is 32.7 Å². The molecule has 0 spiro atoms. The number of nitrogens with zero attached hydrogens (tertiary/aromatic N) is 3. The van der Waals surface area contributed by atoms with Crippen LogP contribution >= 0.6 is 0 Å². The van der Waals surface area contributed by atoms with E-state index in [1.165, 1.54) is 4.57 Å². The molecular formula is C77H33F30N3. The Balaban J connectivity index is 1.16. The molecule has 0 aliphatic rings. The van der Waals surface area contributed by atoms with Crippen molar-refractivity contribution in [2.45, 2.75) is 61.8 Å². The number of benzene rings is 11. The van der Waals surface area contributed by atoms with Crippen molar-refractivity contribution in [3.8, 4) is 84.2 Å². The van der Waals surface area contributed by atoms with Gasteiger partial charge in [0.2, 0.25) is 0 Å². The molecule has 33 heteroatoms. The predicted octanol–water partition coefficient (Wildman–Crippen LogP) is 27.9. The lowest BCUT2D eigenvalue weighted by Gasteiger charge is -2.21. The van der Waals surface area contributed by atoms with Crippen LogP contribution in [0.1, 0.15) is 61.2 Å². The minimum atomic E-state index is -5.61. The van der Waals surface area contributed by atoms with Crippen molar-refractivity contribution in [3.05, 3.63) is 261 Å². The number of hydrogen-bond acceptors (Lipinski definition) is 1. The largest absolute Gasteiger partial charge is 0.417 e. The van der Waals surface area contributed by atoms with Gasteiger partial charge >= 0.3 is 61.8 Å². The van der Waals surface area contributed by atoms with Gasteiger partial charge in [0.05, 0.1) is 101 Å². The van der Waals surface area contributed by atoms with Gasteiger partial charge in [0.25, 0.3) is 0 Å². The summed E-state index contributed by atoms with van der Waals surface area (Å²) < 4.78 is 440. The first kappa shape index (κ1) is 76.6. The number of rotatable bonds is 8. The van der Waals surface area contributed by atoms with E-state index in [1.54, 1.807) is 0 Å². The highest BCUT2D eigenvalue weighted by Crippen LogP contribution is 2.52. The fourth-order valence-corrected chi connectivity index (χ4v) is 13.3. The van der Waals surface area contributed by atoms with Gasteiger partial charge in [-0.3, -0.25) is 0 Å². The van der Waals surface area contributed by atoms with E-state index in [9.17, 15) is 111 Å². The van der Waals surface area contributed by atoms with Crippen LogP contribution in [-0.2, 0) is 61.8 Å². The van der Waals surface area contributed by atoms with E-state index in [4.69, 9.17) is 0 Å². The average molecular weight is 1570 g/mol. The van der Waals surface area contributed by atoms with E-state index < -0.39 is 189 Å². The van der Waals surface area contributed by atoms with E-state index in [0.29, 0.717) is 24.3 Å². The van der Waals surface area contributed by atoms with Crippen molar-refractivity contribution in [3.63, 3.8) is 0 Å². The highest BCUT2D eigenvalue weighted by Gasteiger charge is 2.44. The van der Waals surface area contributed by atoms with Gasteiger partial charge in [0.15, 0.2) is 0 Å². The fraction of sp³-hybridized carbons (Fsp3) is 0.130. The van der Waals surface area contributed by atoms with Crippen LogP contribution < -0.4 is 0 Å². The van der Waals surface area contributed by atoms with E-state index >= 15 is 26.3 Å². The zero-order valence-electron chi connectivity index (χ0n) is 53.7. The van der Waals surface area contributed by atoms with E-state index in [-0.39, 0.29) is 122 Å². The maximum absolute atomic E-state index is 15.0. The first-order valence-corrected chi connectivity index (χ1v) is 31.1. The van der Waals surface area contributed by atoms with E-state index in [0.717, 1.165) is 114 Å². The van der Waals surface area contributed by atoms with Crippen LogP contribution in [0.15, 0.2) is 200 Å². The van der Waals surface area contributed by atoms with Gasteiger partial charge in [-0.1, -0.05) is 66.7 Å². The van der Waals surface area contributed by atoms with Crippen molar-refractivity contribution in [2.75, 3.05) is 0 Å². The minimum Gasteiger partial charge on any atom is -0.309 e. The summed E-state index contributed by atoms with van der Waals surface area (Å²) in [6, 6.07) is 21.3. The van der Waals surface area contributed by atoms with Crippen LogP contribution in [0.25, 0.3) is 122 Å². The van der Waals surface area contributed by atoms with Crippen molar-refractivity contribution in [1.29, 1.82) is 5.26 Å². The second-order valence-corrected chi connectivity index (χ2v) is 25.0. The van der Waals surface area contributed by atoms with Crippen molar-refractivity contribution < 1.29 is 132 Å². The van der Waals surface area contributed by atoms with Crippen LogP contribution in [0.4, 0.5) is 132 Å². The average Bonchev–Trinajstić information content (AvgIpc) is 1.56. The topological polar surface area (TPSA) is 33.6 Å². The second kappa shape index (κ2) is 25.8. The Kier molecular flexibility index (Phi) is 18.0. The molecule has 110 heavy (non-hydrogen) atoms. The van der Waals surface area contributed by atoms with Gasteiger partial charge in [-0.25, -0.2) is 0 Å². The lowest BCUT2D eigenvalue weighted by Crippen LogP contribution is -2.12. The zero-order chi connectivity index (χ0) is 80.2. The molecule has 3 nitrogen and oxygen atoms in total. The number of hydrogen-bond donors (Lipinski definition) is 0. The van der Waals surface area contributed by atoms with Crippen LogP contribution in [0.5, 0.6) is 0 Å². The number of aromatic nitrogens is 2. The molecular weight excluding hydrogens is 1540 g/mol. The van der Waals surface area contributed by atoms with Gasteiger partial charge in [-0.2, -0.15) is 137 Å². The Labute approximate surface area is 595 Å². The fourth-order valence-electron chi connectivity index (χ4n) is 13.3. The summed E-state index contributed by atoms with van der Waals surface area (Å²) in [5.41, 5.74) is -29.3. The molecule has 0 atom stereocenters. The molecule has 0 unspecified atom stereocenters. The number of nitriles is 1. The monoisotopic (exact) mass is 1570 g/mol. The molecule has 13 rings (SSSR count). The predicted molar refractivity (Wildman–Crippen MR) is 342 cm³/mol. The van der Waals surface area contributed by atoms with E-state index in [2.05, 4.69) is 0 Å². The number of alkyl halides is 30. The van der Waals surface area contributed by atoms with Gasteiger partial charge in [-0.05, 0) is 189 Å². The molecule has 0 saturated carbocycles. The minimum absolute atomic E-state index is 0.226. The standard InChI is InChI=1S/C77H33F30N3/c78-68(79,80)42-7-13-48(58(30-42)74(96,97)98)37-3-17-62-54(24-37)55-25-38(49-14-8-43(69(81,82)83)31-59(49)75(99,100)101)4-18-63(55)109(62)66-21-35(34-108)1-11-52(66)53-12-2-36(41-22-46(72(90,91)92)29-47(23-41)73(93,94)95)28-67(53)110-64-19-5-39(50-15-9-44(70(84,85)86)32-60(50)76(102,103)104)26-56(64)57-27-40(6-20-65(57)110)51-16-10-45(71(87,88)89)33-61(51)77(105,106)107/h1-33H. The lowest BCUT2D eigenvalue weighted by atomic mass is 9.93. The quantitative estimate of drug-likeness (QED) is 0.140. The molecule has 566 valence electrons. The number of halogens is 30. The molecule has 0 radical (unpaired) electrons. The maximum Gasteiger partial charge on any atom is 0.417 e. The van der Waals surface area contributed by atoms with Gasteiger partial charge in [-0.15, -0.1) is 0 Å².